The molecule has 1 N–H and O–H groups in total. The number of hydrogen-bond acceptors (Lipinski definition) is 3. The maximum absolute atomic E-state index is 13.3. The Kier molecular flexibility index (Phi) is 4.83. The first-order chi connectivity index (χ1) is 10.8. The summed E-state index contributed by atoms with van der Waals surface area (Å²) in [5.74, 6) is 1.71. The lowest BCUT2D eigenvalue weighted by atomic mass is 9.97. The van der Waals surface area contributed by atoms with E-state index in [4.69, 9.17) is 0 Å². The third-order valence-corrected chi connectivity index (χ3v) is 4.44. The zero-order valence-electron chi connectivity index (χ0n) is 13.0. The highest BCUT2D eigenvalue weighted by molar-refractivity contribution is 5.14. The summed E-state index contributed by atoms with van der Waals surface area (Å²) in [5, 5.41) is 7.10. The lowest BCUT2D eigenvalue weighted by Gasteiger charge is -2.15. The van der Waals surface area contributed by atoms with Gasteiger partial charge in [0.05, 0.1) is 6.67 Å². The van der Waals surface area contributed by atoms with E-state index in [0.29, 0.717) is 0 Å². The van der Waals surface area contributed by atoms with Gasteiger partial charge in [0.1, 0.15) is 5.82 Å². The van der Waals surface area contributed by atoms with E-state index in [1.54, 1.807) is 0 Å². The lowest BCUT2D eigenvalue weighted by molar-refractivity contribution is 0.299. The first-order valence-electron chi connectivity index (χ1n) is 7.97. The van der Waals surface area contributed by atoms with Gasteiger partial charge in [-0.25, -0.2) is 4.98 Å². The van der Waals surface area contributed by atoms with Gasteiger partial charge in [-0.2, -0.15) is 5.10 Å². The van der Waals surface area contributed by atoms with Crippen molar-refractivity contribution in [3.63, 3.8) is 0 Å². The predicted molar refractivity (Wildman–Crippen MR) is 84.5 cm³/mol. The predicted octanol–water partition coefficient (Wildman–Crippen LogP) is 2.73. The van der Waals surface area contributed by atoms with Crippen LogP contribution in [-0.2, 0) is 6.42 Å². The van der Waals surface area contributed by atoms with Crippen LogP contribution in [0.5, 0.6) is 0 Å². The van der Waals surface area contributed by atoms with Gasteiger partial charge < -0.3 is 4.90 Å². The first-order valence-corrected chi connectivity index (χ1v) is 7.97. The molecule has 1 aliphatic rings. The number of likely N-dealkylation sites (tertiary alicyclic amines) is 1. The van der Waals surface area contributed by atoms with Crippen LogP contribution >= 0.6 is 0 Å². The van der Waals surface area contributed by atoms with Crippen LogP contribution in [0.1, 0.15) is 29.6 Å². The Bertz CT molecular complexity index is 583. The number of aromatic nitrogens is 3. The first kappa shape index (κ1) is 15.2. The summed E-state index contributed by atoms with van der Waals surface area (Å²) in [4.78, 5) is 6.74. The van der Waals surface area contributed by atoms with Crippen LogP contribution in [0.15, 0.2) is 30.3 Å². The lowest BCUT2D eigenvalue weighted by Crippen LogP contribution is -2.22. The highest BCUT2D eigenvalue weighted by Gasteiger charge is 2.35. The second-order valence-corrected chi connectivity index (χ2v) is 6.15. The number of benzene rings is 1. The Hall–Kier alpha value is -1.75. The molecule has 1 aromatic carbocycles. The number of hydrogen-bond donors (Lipinski definition) is 1. The molecule has 0 amide bonds. The molecular formula is C17H23FN4. The SMILES string of the molecule is Cc1nc([C@@H]2CN(CCCc3ccccc3)C[C@H]2CF)n[nH]1. The molecule has 0 radical (unpaired) electrons. The maximum atomic E-state index is 13.3. The number of alkyl halides is 1. The van der Waals surface area contributed by atoms with E-state index in [-0.39, 0.29) is 18.5 Å². The van der Waals surface area contributed by atoms with E-state index in [1.807, 2.05) is 13.0 Å². The monoisotopic (exact) mass is 302 g/mol. The van der Waals surface area contributed by atoms with Gasteiger partial charge in [0.15, 0.2) is 5.82 Å². The topological polar surface area (TPSA) is 44.8 Å². The molecule has 0 spiro atoms. The van der Waals surface area contributed by atoms with Crippen molar-refractivity contribution in [2.24, 2.45) is 5.92 Å². The highest BCUT2D eigenvalue weighted by Crippen LogP contribution is 2.31. The van der Waals surface area contributed by atoms with Crippen LogP contribution in [0.2, 0.25) is 0 Å². The van der Waals surface area contributed by atoms with Crippen molar-refractivity contribution in [2.75, 3.05) is 26.3 Å². The third-order valence-electron chi connectivity index (χ3n) is 4.44. The molecule has 0 bridgehead atoms. The molecule has 1 aromatic heterocycles. The molecule has 3 rings (SSSR count). The van der Waals surface area contributed by atoms with Gasteiger partial charge in [-0.3, -0.25) is 9.49 Å². The van der Waals surface area contributed by atoms with Crippen molar-refractivity contribution in [3.05, 3.63) is 47.5 Å². The quantitative estimate of drug-likeness (QED) is 0.892. The maximum Gasteiger partial charge on any atom is 0.155 e. The number of rotatable bonds is 6. The van der Waals surface area contributed by atoms with Crippen molar-refractivity contribution in [1.29, 1.82) is 0 Å². The van der Waals surface area contributed by atoms with Gasteiger partial charge in [0, 0.05) is 24.9 Å². The van der Waals surface area contributed by atoms with Crippen LogP contribution in [-0.4, -0.2) is 46.4 Å². The minimum absolute atomic E-state index is 0.0203. The van der Waals surface area contributed by atoms with Gasteiger partial charge in [-0.05, 0) is 31.9 Å². The Labute approximate surface area is 130 Å². The molecule has 0 unspecified atom stereocenters. The zero-order chi connectivity index (χ0) is 15.4. The number of aryl methyl sites for hydroxylation is 2. The molecule has 0 saturated carbocycles. The van der Waals surface area contributed by atoms with Crippen LogP contribution < -0.4 is 0 Å². The van der Waals surface area contributed by atoms with Gasteiger partial charge in [0.2, 0.25) is 0 Å². The molecule has 2 aromatic rings. The van der Waals surface area contributed by atoms with E-state index in [2.05, 4.69) is 44.3 Å². The van der Waals surface area contributed by atoms with Crippen molar-refractivity contribution in [1.82, 2.24) is 20.1 Å². The molecule has 2 atom stereocenters. The summed E-state index contributed by atoms with van der Waals surface area (Å²) in [6, 6.07) is 10.5. The normalized spacial score (nSPS) is 22.3. The van der Waals surface area contributed by atoms with Gasteiger partial charge >= 0.3 is 0 Å². The standard InChI is InChI=1S/C17H23FN4/c1-13-19-17(21-20-13)16-12-22(11-15(16)10-18)9-5-8-14-6-3-2-4-7-14/h2-4,6-7,15-16H,5,8-12H2,1H3,(H,19,20,21)/t15-,16-/m1/s1. The zero-order valence-corrected chi connectivity index (χ0v) is 13.0. The second kappa shape index (κ2) is 7.01. The molecule has 2 heterocycles. The molecular weight excluding hydrogens is 279 g/mol. The number of aromatic amines is 1. The van der Waals surface area contributed by atoms with E-state index in [9.17, 15) is 4.39 Å². The van der Waals surface area contributed by atoms with E-state index < -0.39 is 0 Å². The van der Waals surface area contributed by atoms with E-state index in [1.165, 1.54) is 5.56 Å². The number of nitrogens with zero attached hydrogens (tertiary/aromatic N) is 3. The van der Waals surface area contributed by atoms with E-state index >= 15 is 0 Å². The van der Waals surface area contributed by atoms with E-state index in [0.717, 1.165) is 44.1 Å². The fourth-order valence-electron chi connectivity index (χ4n) is 3.27. The molecule has 22 heavy (non-hydrogen) atoms. The van der Waals surface area contributed by atoms with Crippen molar-refractivity contribution < 1.29 is 4.39 Å². The summed E-state index contributed by atoms with van der Waals surface area (Å²) in [6.07, 6.45) is 2.17. The average molecular weight is 302 g/mol. The van der Waals surface area contributed by atoms with Crippen LogP contribution in [0.25, 0.3) is 0 Å². The summed E-state index contributed by atoms with van der Waals surface area (Å²) < 4.78 is 13.3. The van der Waals surface area contributed by atoms with Gasteiger partial charge in [-0.1, -0.05) is 30.3 Å². The molecule has 4 nitrogen and oxygen atoms in total. The highest BCUT2D eigenvalue weighted by atomic mass is 19.1. The Morgan fingerprint density at radius 3 is 2.77 bits per heavy atom. The van der Waals surface area contributed by atoms with Crippen LogP contribution in [0, 0.1) is 12.8 Å². The molecule has 1 aliphatic heterocycles. The van der Waals surface area contributed by atoms with Gasteiger partial charge in [-0.15, -0.1) is 0 Å². The largest absolute Gasteiger partial charge is 0.302 e. The number of H-pyrrole nitrogens is 1. The third kappa shape index (κ3) is 3.53. The molecule has 0 aliphatic carbocycles. The summed E-state index contributed by atoms with van der Waals surface area (Å²) in [6.45, 7) is 4.26. The summed E-state index contributed by atoms with van der Waals surface area (Å²) in [7, 11) is 0. The summed E-state index contributed by atoms with van der Waals surface area (Å²) in [5.41, 5.74) is 1.37. The minimum Gasteiger partial charge on any atom is -0.302 e. The number of halogens is 1. The van der Waals surface area contributed by atoms with Crippen LogP contribution in [0.3, 0.4) is 0 Å². The molecule has 5 heteroatoms. The molecule has 1 fully saturated rings. The minimum atomic E-state index is -0.298. The number of nitrogens with one attached hydrogen (secondary N) is 1. The summed E-state index contributed by atoms with van der Waals surface area (Å²) >= 11 is 0. The second-order valence-electron chi connectivity index (χ2n) is 6.15. The fourth-order valence-corrected chi connectivity index (χ4v) is 3.27. The fraction of sp³-hybridized carbons (Fsp3) is 0.529. The van der Waals surface area contributed by atoms with Crippen molar-refractivity contribution >= 4 is 0 Å². The van der Waals surface area contributed by atoms with Crippen molar-refractivity contribution in [2.45, 2.75) is 25.7 Å². The Morgan fingerprint density at radius 1 is 1.27 bits per heavy atom. The Morgan fingerprint density at radius 2 is 2.09 bits per heavy atom. The molecule has 1 saturated heterocycles. The Balaban J connectivity index is 1.53. The molecule has 118 valence electrons. The average Bonchev–Trinajstić information content (AvgIpc) is 3.14. The van der Waals surface area contributed by atoms with Crippen LogP contribution in [0.4, 0.5) is 4.39 Å². The van der Waals surface area contributed by atoms with Crippen molar-refractivity contribution in [3.8, 4) is 0 Å². The smallest absolute Gasteiger partial charge is 0.155 e. The van der Waals surface area contributed by atoms with Gasteiger partial charge in [0.25, 0.3) is 0 Å².